The number of aromatic amines is 1. The van der Waals surface area contributed by atoms with Crippen LogP contribution >= 0.6 is 11.6 Å². The lowest BCUT2D eigenvalue weighted by molar-refractivity contribution is 0.102. The minimum Gasteiger partial charge on any atom is -0.342 e. The van der Waals surface area contributed by atoms with E-state index in [-0.39, 0.29) is 5.91 Å². The summed E-state index contributed by atoms with van der Waals surface area (Å²) < 4.78 is 0. The minimum absolute atomic E-state index is 0.165. The lowest BCUT2D eigenvalue weighted by atomic mass is 10.1. The highest BCUT2D eigenvalue weighted by Crippen LogP contribution is 2.20. The predicted molar refractivity (Wildman–Crippen MR) is 88.2 cm³/mol. The van der Waals surface area contributed by atoms with Crippen molar-refractivity contribution in [3.05, 3.63) is 71.1 Å². The van der Waals surface area contributed by atoms with E-state index in [0.717, 1.165) is 22.8 Å². The maximum Gasteiger partial charge on any atom is 0.255 e. The molecule has 2 aromatic carbocycles. The average molecular weight is 312 g/mol. The molecule has 1 aromatic heterocycles. The van der Waals surface area contributed by atoms with Gasteiger partial charge in [-0.25, -0.2) is 4.98 Å². The Bertz CT molecular complexity index is 792. The highest BCUT2D eigenvalue weighted by Gasteiger charge is 2.06. The van der Waals surface area contributed by atoms with Crippen LogP contribution in [0.15, 0.2) is 54.7 Å². The second-order valence-electron chi connectivity index (χ2n) is 4.92. The number of imidazole rings is 1. The zero-order chi connectivity index (χ0) is 15.5. The van der Waals surface area contributed by atoms with Crippen molar-refractivity contribution in [1.82, 2.24) is 9.97 Å². The number of aryl methyl sites for hydroxylation is 1. The Morgan fingerprint density at radius 2 is 1.77 bits per heavy atom. The zero-order valence-corrected chi connectivity index (χ0v) is 12.7. The number of H-pyrrole nitrogens is 1. The molecule has 3 aromatic rings. The first-order valence-corrected chi connectivity index (χ1v) is 7.18. The van der Waals surface area contributed by atoms with Crippen LogP contribution in [0.2, 0.25) is 5.02 Å². The standard InChI is InChI=1S/C17H14ClN3O/c1-11-19-10-16(20-11)12-4-8-15(9-5-12)21-17(22)13-2-6-14(18)7-3-13/h2-10H,1H3,(H,19,20)(H,21,22). The summed E-state index contributed by atoms with van der Waals surface area (Å²) in [7, 11) is 0. The molecule has 0 aliphatic heterocycles. The number of aromatic nitrogens is 2. The maximum atomic E-state index is 12.1. The van der Waals surface area contributed by atoms with Crippen molar-refractivity contribution < 1.29 is 4.79 Å². The molecule has 22 heavy (non-hydrogen) atoms. The molecule has 4 nitrogen and oxygen atoms in total. The zero-order valence-electron chi connectivity index (χ0n) is 11.9. The predicted octanol–water partition coefficient (Wildman–Crippen LogP) is 4.29. The second kappa shape index (κ2) is 6.03. The number of rotatable bonds is 3. The van der Waals surface area contributed by atoms with Crippen molar-refractivity contribution in [3.8, 4) is 11.3 Å². The summed E-state index contributed by atoms with van der Waals surface area (Å²) in [4.78, 5) is 19.5. The highest BCUT2D eigenvalue weighted by molar-refractivity contribution is 6.30. The van der Waals surface area contributed by atoms with Crippen LogP contribution in [0.1, 0.15) is 16.2 Å². The molecule has 2 N–H and O–H groups in total. The topological polar surface area (TPSA) is 57.8 Å². The van der Waals surface area contributed by atoms with Gasteiger partial charge in [0.05, 0.1) is 11.9 Å². The molecule has 0 saturated carbocycles. The fraction of sp³-hybridized carbons (Fsp3) is 0.0588. The summed E-state index contributed by atoms with van der Waals surface area (Å²) in [5.74, 6) is 0.705. The largest absolute Gasteiger partial charge is 0.342 e. The van der Waals surface area contributed by atoms with Crippen molar-refractivity contribution in [1.29, 1.82) is 0 Å². The molecule has 0 unspecified atom stereocenters. The Hall–Kier alpha value is -2.59. The maximum absolute atomic E-state index is 12.1. The van der Waals surface area contributed by atoms with Crippen LogP contribution in [0.5, 0.6) is 0 Å². The van der Waals surface area contributed by atoms with Crippen LogP contribution in [-0.2, 0) is 0 Å². The van der Waals surface area contributed by atoms with Crippen molar-refractivity contribution in [2.75, 3.05) is 5.32 Å². The van der Waals surface area contributed by atoms with Crippen LogP contribution < -0.4 is 5.32 Å². The fourth-order valence-electron chi connectivity index (χ4n) is 2.11. The third-order valence-corrected chi connectivity index (χ3v) is 3.52. The van der Waals surface area contributed by atoms with Crippen LogP contribution in [0.3, 0.4) is 0 Å². The highest BCUT2D eigenvalue weighted by atomic mass is 35.5. The Morgan fingerprint density at radius 1 is 1.09 bits per heavy atom. The lowest BCUT2D eigenvalue weighted by Crippen LogP contribution is -2.11. The summed E-state index contributed by atoms with van der Waals surface area (Å²) in [6.07, 6.45) is 1.79. The number of halogens is 1. The van der Waals surface area contributed by atoms with E-state index in [1.165, 1.54) is 0 Å². The first kappa shape index (κ1) is 14.4. The SMILES string of the molecule is Cc1ncc(-c2ccc(NC(=O)c3ccc(Cl)cc3)cc2)[nH]1. The summed E-state index contributed by atoms with van der Waals surface area (Å²) in [5.41, 5.74) is 3.27. The third kappa shape index (κ3) is 3.18. The van der Waals surface area contributed by atoms with Crippen molar-refractivity contribution >= 4 is 23.2 Å². The molecular weight excluding hydrogens is 298 g/mol. The Morgan fingerprint density at radius 3 is 2.36 bits per heavy atom. The average Bonchev–Trinajstić information content (AvgIpc) is 2.95. The van der Waals surface area contributed by atoms with E-state index in [0.29, 0.717) is 10.6 Å². The number of nitrogens with one attached hydrogen (secondary N) is 2. The molecule has 1 heterocycles. The van der Waals surface area contributed by atoms with E-state index in [9.17, 15) is 4.79 Å². The molecule has 0 fully saturated rings. The van der Waals surface area contributed by atoms with Gasteiger partial charge in [0.2, 0.25) is 0 Å². The van der Waals surface area contributed by atoms with Gasteiger partial charge in [0.15, 0.2) is 0 Å². The van der Waals surface area contributed by atoms with Crippen molar-refractivity contribution in [2.45, 2.75) is 6.92 Å². The van der Waals surface area contributed by atoms with E-state index in [1.54, 1.807) is 30.5 Å². The van der Waals surface area contributed by atoms with E-state index in [4.69, 9.17) is 11.6 Å². The molecule has 110 valence electrons. The van der Waals surface area contributed by atoms with E-state index >= 15 is 0 Å². The van der Waals surface area contributed by atoms with Gasteiger partial charge in [-0.1, -0.05) is 23.7 Å². The molecule has 0 aliphatic carbocycles. The number of nitrogens with zero attached hydrogens (tertiary/aromatic N) is 1. The molecule has 0 bridgehead atoms. The number of carbonyl (C=O) groups excluding carboxylic acids is 1. The van der Waals surface area contributed by atoms with Gasteiger partial charge in [-0.15, -0.1) is 0 Å². The number of hydrogen-bond acceptors (Lipinski definition) is 2. The lowest BCUT2D eigenvalue weighted by Gasteiger charge is -2.06. The molecule has 0 atom stereocenters. The number of amides is 1. The van der Waals surface area contributed by atoms with Crippen LogP contribution in [-0.4, -0.2) is 15.9 Å². The van der Waals surface area contributed by atoms with Crippen LogP contribution in [0.4, 0.5) is 5.69 Å². The summed E-state index contributed by atoms with van der Waals surface area (Å²) >= 11 is 5.81. The summed E-state index contributed by atoms with van der Waals surface area (Å²) in [5, 5.41) is 3.46. The molecule has 3 rings (SSSR count). The van der Waals surface area contributed by atoms with Crippen molar-refractivity contribution in [3.63, 3.8) is 0 Å². The van der Waals surface area contributed by atoms with Gasteiger partial charge in [0.25, 0.3) is 5.91 Å². The van der Waals surface area contributed by atoms with Gasteiger partial charge >= 0.3 is 0 Å². The second-order valence-corrected chi connectivity index (χ2v) is 5.36. The van der Waals surface area contributed by atoms with Gasteiger partial charge < -0.3 is 10.3 Å². The van der Waals surface area contributed by atoms with Gasteiger partial charge in [0, 0.05) is 16.3 Å². The first-order chi connectivity index (χ1) is 10.6. The molecule has 0 aliphatic rings. The molecule has 0 radical (unpaired) electrons. The minimum atomic E-state index is -0.165. The first-order valence-electron chi connectivity index (χ1n) is 6.81. The fourth-order valence-corrected chi connectivity index (χ4v) is 2.23. The van der Waals surface area contributed by atoms with Crippen molar-refractivity contribution in [2.24, 2.45) is 0 Å². The quantitative estimate of drug-likeness (QED) is 0.758. The smallest absolute Gasteiger partial charge is 0.255 e. The Kier molecular flexibility index (Phi) is 3.94. The Balaban J connectivity index is 1.73. The van der Waals surface area contributed by atoms with Gasteiger partial charge in [0.1, 0.15) is 5.82 Å². The monoisotopic (exact) mass is 311 g/mol. The molecule has 0 saturated heterocycles. The number of hydrogen-bond donors (Lipinski definition) is 2. The molecule has 0 spiro atoms. The van der Waals surface area contributed by atoms with E-state index in [1.807, 2.05) is 31.2 Å². The number of carbonyl (C=O) groups is 1. The van der Waals surface area contributed by atoms with Gasteiger partial charge in [-0.3, -0.25) is 4.79 Å². The Labute approximate surface area is 133 Å². The van der Waals surface area contributed by atoms with Gasteiger partial charge in [-0.2, -0.15) is 0 Å². The molecule has 1 amide bonds. The molecule has 5 heteroatoms. The van der Waals surface area contributed by atoms with Crippen LogP contribution in [0.25, 0.3) is 11.3 Å². The normalized spacial score (nSPS) is 10.5. The van der Waals surface area contributed by atoms with Gasteiger partial charge in [-0.05, 0) is 48.9 Å². The third-order valence-electron chi connectivity index (χ3n) is 3.26. The number of benzene rings is 2. The van der Waals surface area contributed by atoms with E-state index < -0.39 is 0 Å². The summed E-state index contributed by atoms with van der Waals surface area (Å²) in [6, 6.07) is 14.4. The van der Waals surface area contributed by atoms with Crippen LogP contribution in [0, 0.1) is 6.92 Å². The van der Waals surface area contributed by atoms with E-state index in [2.05, 4.69) is 15.3 Å². The summed E-state index contributed by atoms with van der Waals surface area (Å²) in [6.45, 7) is 1.91. The number of anilines is 1. The molecular formula is C17H14ClN3O.